The second-order valence-electron chi connectivity index (χ2n) is 10.2. The van der Waals surface area contributed by atoms with E-state index in [2.05, 4.69) is 15.6 Å². The van der Waals surface area contributed by atoms with Gasteiger partial charge in [-0.3, -0.25) is 29.0 Å². The number of aliphatic imine (C=N–C) groups is 1. The second kappa shape index (κ2) is 20.2. The summed E-state index contributed by atoms with van der Waals surface area (Å²) in [6.45, 7) is 2.73. The lowest BCUT2D eigenvalue weighted by molar-refractivity contribution is -0.139. The third-order valence-electron chi connectivity index (χ3n) is 6.43. The molecule has 0 spiro atoms. The maximum absolute atomic E-state index is 13.1. The summed E-state index contributed by atoms with van der Waals surface area (Å²) >= 11 is 5.94. The number of aliphatic carboxylic acids is 1. The van der Waals surface area contributed by atoms with Crippen LogP contribution in [0.4, 0.5) is 0 Å². The molecule has 46 heavy (non-hydrogen) atoms. The molecule has 0 bridgehead atoms. The van der Waals surface area contributed by atoms with Crippen LogP contribution in [-0.2, 0) is 36.8 Å². The lowest BCUT2D eigenvalue weighted by Crippen LogP contribution is -2.55. The number of carbonyl (C=O) groups is 5. The molecule has 0 aliphatic heterocycles. The predicted molar refractivity (Wildman–Crippen MR) is 173 cm³/mol. The van der Waals surface area contributed by atoms with Gasteiger partial charge in [-0.05, 0) is 61.6 Å². The van der Waals surface area contributed by atoms with E-state index in [1.807, 2.05) is 0 Å². The summed E-state index contributed by atoms with van der Waals surface area (Å²) in [6, 6.07) is 10.1. The Balaban J connectivity index is 0.00000249. The van der Waals surface area contributed by atoms with Gasteiger partial charge in [0.15, 0.2) is 5.96 Å². The number of aromatic hydroxyl groups is 1. The van der Waals surface area contributed by atoms with Crippen molar-refractivity contribution >= 4 is 47.2 Å². The van der Waals surface area contributed by atoms with Gasteiger partial charge in [-0.15, -0.1) is 0 Å². The maximum Gasteiger partial charge on any atom is 0.300 e. The van der Waals surface area contributed by atoms with Crippen LogP contribution in [0.5, 0.6) is 5.75 Å². The highest BCUT2D eigenvalue weighted by Gasteiger charge is 2.29. The molecule has 0 heterocycles. The molecule has 15 nitrogen and oxygen atoms in total. The monoisotopic (exact) mass is 662 g/mol. The van der Waals surface area contributed by atoms with Gasteiger partial charge in [-0.25, -0.2) is 0 Å². The van der Waals surface area contributed by atoms with Gasteiger partial charge in [0.05, 0.1) is 12.6 Å². The third kappa shape index (κ3) is 15.2. The number of nitrogens with two attached hydrogens (primary N) is 4. The zero-order valence-electron chi connectivity index (χ0n) is 25.8. The molecule has 0 aliphatic rings. The number of carboxylic acid groups (broad SMARTS) is 1. The number of likely N-dealkylation sites (N-methyl/N-ethyl adjacent to an activating group) is 1. The van der Waals surface area contributed by atoms with Gasteiger partial charge >= 0.3 is 0 Å². The molecule has 2 aromatic carbocycles. The van der Waals surface area contributed by atoms with Crippen LogP contribution in [0.1, 0.15) is 37.8 Å². The highest BCUT2D eigenvalue weighted by atomic mass is 35.5. The van der Waals surface area contributed by atoms with Crippen molar-refractivity contribution in [3.63, 3.8) is 0 Å². The molecule has 0 saturated heterocycles. The number of amides is 4. The van der Waals surface area contributed by atoms with Gasteiger partial charge in [-0.2, -0.15) is 0 Å². The first-order chi connectivity index (χ1) is 21.6. The minimum Gasteiger partial charge on any atom is -0.508 e. The lowest BCUT2D eigenvalue weighted by atomic mass is 10.0. The van der Waals surface area contributed by atoms with Crippen molar-refractivity contribution in [2.45, 2.75) is 57.7 Å². The normalized spacial score (nSPS) is 12.3. The van der Waals surface area contributed by atoms with Gasteiger partial charge in [0.1, 0.15) is 17.8 Å². The van der Waals surface area contributed by atoms with E-state index >= 15 is 0 Å². The van der Waals surface area contributed by atoms with Crippen LogP contribution in [0.15, 0.2) is 53.5 Å². The van der Waals surface area contributed by atoms with Crippen molar-refractivity contribution in [1.82, 2.24) is 15.5 Å². The van der Waals surface area contributed by atoms with E-state index in [1.165, 1.54) is 17.0 Å². The minimum atomic E-state index is -1.04. The Bertz CT molecular complexity index is 1330. The van der Waals surface area contributed by atoms with Crippen molar-refractivity contribution in [2.75, 3.05) is 19.6 Å². The third-order valence-corrected chi connectivity index (χ3v) is 6.68. The summed E-state index contributed by atoms with van der Waals surface area (Å²) in [4.78, 5) is 65.5. The molecule has 0 radical (unpaired) electrons. The molecule has 0 saturated carbocycles. The van der Waals surface area contributed by atoms with Crippen molar-refractivity contribution < 1.29 is 34.2 Å². The number of nitrogens with zero attached hydrogens (tertiary/aromatic N) is 2. The summed E-state index contributed by atoms with van der Waals surface area (Å²) in [5.74, 6) is -3.29. The molecule has 0 aliphatic carbocycles. The number of phenolic OH excluding ortho intramolecular Hbond substituents is 1. The fourth-order valence-corrected chi connectivity index (χ4v) is 4.32. The van der Waals surface area contributed by atoms with Crippen LogP contribution in [0.2, 0.25) is 5.02 Å². The predicted octanol–water partition coefficient (Wildman–Crippen LogP) is -0.394. The number of primary amides is 1. The van der Waals surface area contributed by atoms with Gasteiger partial charge in [0.25, 0.3) is 5.97 Å². The largest absolute Gasteiger partial charge is 0.508 e. The number of rotatable bonds is 16. The van der Waals surface area contributed by atoms with E-state index in [9.17, 15) is 24.3 Å². The quantitative estimate of drug-likeness (QED) is 0.0654. The molecule has 2 aromatic rings. The Morgan fingerprint density at radius 1 is 0.935 bits per heavy atom. The maximum atomic E-state index is 13.1. The summed E-state index contributed by atoms with van der Waals surface area (Å²) < 4.78 is 0. The van der Waals surface area contributed by atoms with Crippen molar-refractivity contribution in [3.8, 4) is 5.75 Å². The Morgan fingerprint density at radius 3 is 2.00 bits per heavy atom. The first-order valence-corrected chi connectivity index (χ1v) is 14.7. The van der Waals surface area contributed by atoms with Crippen LogP contribution in [0.25, 0.3) is 0 Å². The van der Waals surface area contributed by atoms with E-state index in [-0.39, 0.29) is 44.1 Å². The van der Waals surface area contributed by atoms with E-state index in [1.54, 1.807) is 43.3 Å². The minimum absolute atomic E-state index is 0.0811. The Labute approximate surface area is 272 Å². The first kappa shape index (κ1) is 39.1. The summed E-state index contributed by atoms with van der Waals surface area (Å²) in [6.07, 6.45) is 0.846. The van der Waals surface area contributed by atoms with Crippen LogP contribution in [0.3, 0.4) is 0 Å². The molecular formula is C30H43ClN8O7. The van der Waals surface area contributed by atoms with Gasteiger partial charge < -0.3 is 48.7 Å². The van der Waals surface area contributed by atoms with Crippen LogP contribution in [0, 0.1) is 0 Å². The Morgan fingerprint density at radius 2 is 1.48 bits per heavy atom. The van der Waals surface area contributed by atoms with Gasteiger partial charge in [0, 0.05) is 31.5 Å². The van der Waals surface area contributed by atoms with Gasteiger partial charge in [-0.1, -0.05) is 35.9 Å². The fourth-order valence-electron chi connectivity index (χ4n) is 4.20. The number of benzene rings is 2. The average molecular weight is 663 g/mol. The Kier molecular flexibility index (Phi) is 17.2. The number of hydrogen-bond donors (Lipinski definition) is 8. The van der Waals surface area contributed by atoms with Crippen LogP contribution >= 0.6 is 11.6 Å². The SMILES string of the molecule is CC(=O)O.CCN(C(=O)CNC(=O)[C@@H](CCCN=C(N)N)NC(=O)[C@@H](N)Cc1ccc(O)cc1)[C@H](Cc1ccc(Cl)cc1)C(N)=O. The molecule has 2 rings (SSSR count). The number of nitrogens with one attached hydrogen (secondary N) is 2. The first-order valence-electron chi connectivity index (χ1n) is 14.3. The topological polar surface area (TPSA) is 270 Å². The lowest BCUT2D eigenvalue weighted by Gasteiger charge is -2.29. The molecule has 12 N–H and O–H groups in total. The van der Waals surface area contributed by atoms with E-state index in [4.69, 9.17) is 44.4 Å². The molecule has 0 fully saturated rings. The summed E-state index contributed by atoms with van der Waals surface area (Å²) in [5.41, 5.74) is 23.9. The van der Waals surface area contributed by atoms with E-state index < -0.39 is 54.3 Å². The second-order valence-corrected chi connectivity index (χ2v) is 10.6. The zero-order valence-corrected chi connectivity index (χ0v) is 26.6. The van der Waals surface area contributed by atoms with Crippen molar-refractivity contribution in [3.05, 3.63) is 64.7 Å². The average Bonchev–Trinajstić information content (AvgIpc) is 2.98. The van der Waals surface area contributed by atoms with E-state index in [0.29, 0.717) is 11.4 Å². The number of guanidine groups is 1. The number of halogens is 1. The fraction of sp³-hybridized carbons (Fsp3) is 0.400. The number of hydrogen-bond acceptors (Lipinski definition) is 8. The highest BCUT2D eigenvalue weighted by molar-refractivity contribution is 6.30. The Hall–Kier alpha value is -4.89. The zero-order chi connectivity index (χ0) is 34.8. The molecule has 4 amide bonds. The molecule has 0 unspecified atom stereocenters. The summed E-state index contributed by atoms with van der Waals surface area (Å²) in [7, 11) is 0. The number of phenols is 1. The van der Waals surface area contributed by atoms with Crippen molar-refractivity contribution in [2.24, 2.45) is 27.9 Å². The van der Waals surface area contributed by atoms with Crippen LogP contribution in [-0.4, -0.2) is 88.4 Å². The number of carboxylic acids is 1. The summed E-state index contributed by atoms with van der Waals surface area (Å²) in [5, 5.41) is 22.6. The molecule has 0 aromatic heterocycles. The van der Waals surface area contributed by atoms with E-state index in [0.717, 1.165) is 18.1 Å². The van der Waals surface area contributed by atoms with Crippen molar-refractivity contribution in [1.29, 1.82) is 0 Å². The van der Waals surface area contributed by atoms with Gasteiger partial charge in [0.2, 0.25) is 23.6 Å². The van der Waals surface area contributed by atoms with Crippen LogP contribution < -0.4 is 33.6 Å². The smallest absolute Gasteiger partial charge is 0.300 e. The highest BCUT2D eigenvalue weighted by Crippen LogP contribution is 2.14. The molecule has 3 atom stereocenters. The number of carbonyl (C=O) groups excluding carboxylic acids is 4. The standard InChI is InChI=1S/C28H39ClN8O5.C2H4O2/c1-2-37(23(25(31)40)15-18-5-9-19(29)10-6-18)24(39)16-35-27(42)22(4-3-13-34-28(32)33)36-26(41)21(30)14-17-7-11-20(38)12-8-17;1-2(3)4/h5-12,21-23,38H,2-4,13-16,30H2,1H3,(H2,31,40)(H,35,42)(H,36,41)(H4,32,33,34);1H3,(H,3,4)/t21-,22+,23+;/m0./s1. The molecule has 252 valence electrons. The molecule has 16 heteroatoms. The molecular weight excluding hydrogens is 620 g/mol.